The molecule has 4 rings (SSSR count). The van der Waals surface area contributed by atoms with E-state index in [0.29, 0.717) is 29.3 Å². The number of aromatic carboxylic acids is 1. The van der Waals surface area contributed by atoms with Gasteiger partial charge in [-0.3, -0.25) is 4.98 Å². The zero-order valence-electron chi connectivity index (χ0n) is 18.7. The number of hydrogen-bond donors (Lipinski definition) is 2. The number of hydrogen-bond acceptors (Lipinski definition) is 8. The van der Waals surface area contributed by atoms with E-state index in [-0.39, 0.29) is 35.3 Å². The van der Waals surface area contributed by atoms with Crippen LogP contribution in [-0.4, -0.2) is 42.9 Å². The number of ether oxygens (including phenoxy) is 1. The Kier molecular flexibility index (Phi) is 7.39. The lowest BCUT2D eigenvalue weighted by atomic mass is 10.1. The van der Waals surface area contributed by atoms with Crippen LogP contribution in [-0.2, 0) is 13.0 Å². The predicted octanol–water partition coefficient (Wildman–Crippen LogP) is 4.66. The van der Waals surface area contributed by atoms with Gasteiger partial charge in [0.05, 0.1) is 25.5 Å². The van der Waals surface area contributed by atoms with E-state index >= 15 is 0 Å². The first-order valence-corrected chi connectivity index (χ1v) is 11.3. The predicted molar refractivity (Wildman–Crippen MR) is 134 cm³/mol. The van der Waals surface area contributed by atoms with Crippen LogP contribution in [0.15, 0.2) is 48.9 Å². The molecular formula is C23H20FIN6O4. The third kappa shape index (κ3) is 5.01. The average molecular weight is 590 g/mol. The fourth-order valence-electron chi connectivity index (χ4n) is 3.49. The first-order valence-electron chi connectivity index (χ1n) is 10.4. The number of methoxy groups -OCH3 is 1. The molecule has 0 aliphatic rings. The van der Waals surface area contributed by atoms with Crippen molar-refractivity contribution < 1.29 is 22.1 Å². The van der Waals surface area contributed by atoms with Gasteiger partial charge in [0, 0.05) is 23.5 Å². The Hall–Kier alpha value is -3.81. The number of halogens is 2. The van der Waals surface area contributed by atoms with Gasteiger partial charge in [0.25, 0.3) is 0 Å². The molecule has 12 heteroatoms. The molecule has 0 amide bonds. The molecule has 0 saturated carbocycles. The quantitative estimate of drug-likeness (QED) is 0.268. The smallest absolute Gasteiger partial charge is 0.339 e. The molecule has 0 atom stereocenters. The molecule has 0 bridgehead atoms. The number of carbonyl (C=O) groups is 1. The van der Waals surface area contributed by atoms with Crippen LogP contribution in [0.5, 0.6) is 11.6 Å². The summed E-state index contributed by atoms with van der Waals surface area (Å²) in [5.74, 6) is -0.218. The minimum Gasteiger partial charge on any atom is -0.491 e. The number of nitrogens with zero attached hydrogens (tertiary/aromatic N) is 5. The van der Waals surface area contributed by atoms with Gasteiger partial charge in [0.15, 0.2) is 40.4 Å². The van der Waals surface area contributed by atoms with Gasteiger partial charge in [-0.15, -0.1) is 0 Å². The van der Waals surface area contributed by atoms with E-state index in [1.165, 1.54) is 37.8 Å². The first kappa shape index (κ1) is 24.3. The molecule has 2 N–H and O–H groups in total. The summed E-state index contributed by atoms with van der Waals surface area (Å²) in [5.41, 5.74) is 1.90. The topological polar surface area (TPSA) is 124 Å². The highest BCUT2D eigenvalue weighted by Crippen LogP contribution is 2.34. The van der Waals surface area contributed by atoms with Crippen molar-refractivity contribution in [2.24, 2.45) is 0 Å². The molecular weight excluding hydrogens is 570 g/mol. The summed E-state index contributed by atoms with van der Waals surface area (Å²) < 4.78 is 26.8. The van der Waals surface area contributed by atoms with E-state index in [2.05, 4.69) is 25.4 Å². The molecule has 4 aromatic rings. The molecule has 0 unspecified atom stereocenters. The van der Waals surface area contributed by atoms with E-state index in [4.69, 9.17) is 7.80 Å². The number of rotatable bonds is 9. The minimum absolute atomic E-state index is 0.0290. The highest BCUT2D eigenvalue weighted by atomic mass is 127. The summed E-state index contributed by atoms with van der Waals surface area (Å²) >= 11 is 1.77. The van der Waals surface area contributed by atoms with Gasteiger partial charge in [0.1, 0.15) is 17.1 Å². The highest BCUT2D eigenvalue weighted by Gasteiger charge is 2.23. The lowest BCUT2D eigenvalue weighted by Crippen LogP contribution is -2.07. The Morgan fingerprint density at radius 2 is 2.06 bits per heavy atom. The van der Waals surface area contributed by atoms with Crippen molar-refractivity contribution in [3.8, 4) is 23.1 Å². The largest absolute Gasteiger partial charge is 0.491 e. The van der Waals surface area contributed by atoms with E-state index in [1.807, 2.05) is 6.92 Å². The molecule has 0 aliphatic carbocycles. The Morgan fingerprint density at radius 1 is 1.26 bits per heavy atom. The molecule has 3 heterocycles. The first-order chi connectivity index (χ1) is 17.0. The van der Waals surface area contributed by atoms with Crippen molar-refractivity contribution in [2.45, 2.75) is 19.9 Å². The van der Waals surface area contributed by atoms with Crippen LogP contribution < -0.4 is 13.1 Å². The second kappa shape index (κ2) is 10.6. The molecule has 10 nitrogen and oxygen atoms in total. The average Bonchev–Trinajstić information content (AvgIpc) is 3.22. The van der Waals surface area contributed by atoms with Crippen LogP contribution >= 0.6 is 23.0 Å². The van der Waals surface area contributed by atoms with Gasteiger partial charge in [-0.05, 0) is 18.6 Å². The maximum Gasteiger partial charge on any atom is 0.339 e. The van der Waals surface area contributed by atoms with Gasteiger partial charge >= 0.3 is 5.97 Å². The molecule has 180 valence electrons. The van der Waals surface area contributed by atoms with Crippen LogP contribution in [0.1, 0.15) is 28.4 Å². The third-order valence-electron chi connectivity index (χ3n) is 5.20. The number of anilines is 2. The lowest BCUT2D eigenvalue weighted by molar-refractivity contribution is 0.0697. The van der Waals surface area contributed by atoms with Crippen LogP contribution in [0.4, 0.5) is 15.9 Å². The second-order valence-corrected chi connectivity index (χ2v) is 7.71. The summed E-state index contributed by atoms with van der Waals surface area (Å²) in [6.07, 6.45) is 4.72. The summed E-state index contributed by atoms with van der Waals surface area (Å²) in [6.45, 7) is 2.09. The van der Waals surface area contributed by atoms with E-state index in [0.717, 1.165) is 5.56 Å². The van der Waals surface area contributed by atoms with Crippen LogP contribution in [0.3, 0.4) is 0 Å². The highest BCUT2D eigenvalue weighted by molar-refractivity contribution is 14.1. The van der Waals surface area contributed by atoms with Crippen molar-refractivity contribution in [1.82, 2.24) is 24.7 Å². The fourth-order valence-corrected chi connectivity index (χ4v) is 3.98. The maximum absolute atomic E-state index is 14.3. The number of carboxylic acids is 1. The van der Waals surface area contributed by atoms with Crippen LogP contribution in [0.25, 0.3) is 11.5 Å². The molecule has 0 aliphatic heterocycles. The molecule has 0 radical (unpaired) electrons. The molecule has 3 aromatic heterocycles. The maximum atomic E-state index is 14.3. The van der Waals surface area contributed by atoms with Gasteiger partial charge in [-0.25, -0.2) is 23.8 Å². The van der Waals surface area contributed by atoms with Crippen molar-refractivity contribution >= 4 is 40.5 Å². The molecule has 0 spiro atoms. The molecule has 0 fully saturated rings. The van der Waals surface area contributed by atoms with E-state index < -0.39 is 5.97 Å². The van der Waals surface area contributed by atoms with E-state index in [1.54, 1.807) is 45.9 Å². The van der Waals surface area contributed by atoms with Crippen molar-refractivity contribution in [3.63, 3.8) is 0 Å². The molecule has 1 aromatic carbocycles. The van der Waals surface area contributed by atoms with Gasteiger partial charge in [0.2, 0.25) is 5.88 Å². The summed E-state index contributed by atoms with van der Waals surface area (Å²) in [7, 11) is 1.46. The number of carboxylic acid groups (broad SMARTS) is 1. The summed E-state index contributed by atoms with van der Waals surface area (Å²) in [5, 5.41) is 17.1. The lowest BCUT2D eigenvalue weighted by Gasteiger charge is -2.12. The van der Waals surface area contributed by atoms with Crippen LogP contribution in [0, 0.1) is 5.82 Å². The standard InChI is InChI=1S/C23H20FIN6O4/c1-3-14-19(30-31(22(14)35-25)12-13-6-4-5-7-16(13)24)21-27-11-18(34-2)20(29-21)28-17-8-9-26-10-15(17)23(32)33/h4-11H,3,12H2,1-2H3,(H,32,33)(H,26,27,28,29). The van der Waals surface area contributed by atoms with Gasteiger partial charge in [-0.2, -0.15) is 5.10 Å². The van der Waals surface area contributed by atoms with Crippen molar-refractivity contribution in [3.05, 3.63) is 71.4 Å². The zero-order valence-corrected chi connectivity index (χ0v) is 20.9. The minimum atomic E-state index is -1.14. The Morgan fingerprint density at radius 3 is 2.74 bits per heavy atom. The van der Waals surface area contributed by atoms with Gasteiger partial charge in [-0.1, -0.05) is 25.1 Å². The number of pyridine rings is 1. The number of aromatic nitrogens is 5. The SMILES string of the molecule is CCc1c(-c2ncc(OC)c(Nc3ccncc3C(=O)O)n2)nn(Cc2ccccc2F)c1OI. The summed E-state index contributed by atoms with van der Waals surface area (Å²) in [6, 6.07) is 7.97. The van der Waals surface area contributed by atoms with Gasteiger partial charge < -0.3 is 18.2 Å². The molecule has 0 saturated heterocycles. The second-order valence-electron chi connectivity index (χ2n) is 7.27. The normalized spacial score (nSPS) is 10.7. The number of nitrogens with one attached hydrogen (secondary N) is 1. The monoisotopic (exact) mass is 590 g/mol. The number of benzene rings is 1. The van der Waals surface area contributed by atoms with Crippen LogP contribution in [0.2, 0.25) is 0 Å². The summed E-state index contributed by atoms with van der Waals surface area (Å²) in [4.78, 5) is 24.4. The van der Waals surface area contributed by atoms with Crippen molar-refractivity contribution in [1.29, 1.82) is 0 Å². The Bertz CT molecular complexity index is 1380. The van der Waals surface area contributed by atoms with Crippen molar-refractivity contribution in [2.75, 3.05) is 12.4 Å². The Balaban J connectivity index is 1.78. The molecule has 35 heavy (non-hydrogen) atoms. The third-order valence-corrected chi connectivity index (χ3v) is 5.61. The zero-order chi connectivity index (χ0) is 24.9. The Labute approximate surface area is 213 Å². The van der Waals surface area contributed by atoms with E-state index in [9.17, 15) is 14.3 Å². The fraction of sp³-hybridized carbons (Fsp3) is 0.174.